The van der Waals surface area contributed by atoms with E-state index in [4.69, 9.17) is 4.42 Å². The molecule has 3 aromatic rings. The van der Waals surface area contributed by atoms with Crippen LogP contribution in [0.4, 0.5) is 0 Å². The van der Waals surface area contributed by atoms with Crippen molar-refractivity contribution in [3.05, 3.63) is 64.3 Å². The van der Waals surface area contributed by atoms with E-state index in [-0.39, 0.29) is 11.5 Å². The Hall–Kier alpha value is -2.60. The van der Waals surface area contributed by atoms with Gasteiger partial charge in [-0.1, -0.05) is 15.9 Å². The van der Waals surface area contributed by atoms with E-state index in [2.05, 4.69) is 26.5 Å². The zero-order valence-electron chi connectivity index (χ0n) is 12.2. The van der Waals surface area contributed by atoms with E-state index in [0.29, 0.717) is 11.3 Å². The van der Waals surface area contributed by atoms with Crippen LogP contribution in [0.3, 0.4) is 0 Å². The Morgan fingerprint density at radius 2 is 1.91 bits per heavy atom. The second-order valence-corrected chi connectivity index (χ2v) is 5.89. The van der Waals surface area contributed by atoms with Crippen molar-refractivity contribution in [3.63, 3.8) is 0 Å². The first kappa shape index (κ1) is 15.3. The number of phenolic OH excluding ortho intramolecular Hbond substituents is 1. The van der Waals surface area contributed by atoms with Crippen LogP contribution in [-0.4, -0.2) is 16.7 Å². The predicted molar refractivity (Wildman–Crippen MR) is 91.7 cm³/mol. The zero-order valence-corrected chi connectivity index (χ0v) is 13.8. The van der Waals surface area contributed by atoms with Crippen molar-refractivity contribution in [2.75, 3.05) is 0 Å². The number of amides is 1. The molecule has 0 saturated heterocycles. The van der Waals surface area contributed by atoms with Crippen molar-refractivity contribution in [1.82, 2.24) is 5.43 Å². The Morgan fingerprint density at radius 1 is 1.17 bits per heavy atom. The Balaban J connectivity index is 1.77. The molecule has 0 bridgehead atoms. The number of furan rings is 1. The monoisotopic (exact) mass is 372 g/mol. The Morgan fingerprint density at radius 3 is 2.65 bits per heavy atom. The van der Waals surface area contributed by atoms with Crippen molar-refractivity contribution >= 4 is 38.5 Å². The lowest BCUT2D eigenvalue weighted by atomic mass is 10.1. The summed E-state index contributed by atoms with van der Waals surface area (Å²) >= 11 is 3.38. The van der Waals surface area contributed by atoms with Gasteiger partial charge in [-0.05, 0) is 61.0 Å². The van der Waals surface area contributed by atoms with Crippen LogP contribution in [0.5, 0.6) is 5.75 Å². The van der Waals surface area contributed by atoms with Gasteiger partial charge in [-0.3, -0.25) is 4.79 Å². The number of hydrogen-bond acceptors (Lipinski definition) is 4. The Labute approximate surface area is 140 Å². The third-order valence-corrected chi connectivity index (χ3v) is 3.81. The molecular formula is C17H13BrN2O3. The number of carbonyl (C=O) groups excluding carboxylic acids is 1. The van der Waals surface area contributed by atoms with Crippen molar-refractivity contribution in [2.45, 2.75) is 6.92 Å². The lowest BCUT2D eigenvalue weighted by Gasteiger charge is -2.01. The number of benzene rings is 2. The summed E-state index contributed by atoms with van der Waals surface area (Å²) in [7, 11) is 0. The summed E-state index contributed by atoms with van der Waals surface area (Å²) in [5.74, 6) is -0.0465. The van der Waals surface area contributed by atoms with Gasteiger partial charge in [0, 0.05) is 9.86 Å². The van der Waals surface area contributed by atoms with Gasteiger partial charge in [-0.25, -0.2) is 5.43 Å². The first-order valence-corrected chi connectivity index (χ1v) is 7.65. The highest BCUT2D eigenvalue weighted by molar-refractivity contribution is 9.10. The number of phenols is 1. The molecule has 3 rings (SSSR count). The Bertz CT molecular complexity index is 898. The molecule has 1 aromatic heterocycles. The van der Waals surface area contributed by atoms with Crippen LogP contribution in [0.15, 0.2) is 62.5 Å². The minimum atomic E-state index is -0.421. The van der Waals surface area contributed by atoms with Crippen LogP contribution >= 0.6 is 15.9 Å². The molecule has 2 aromatic carbocycles. The molecule has 2 N–H and O–H groups in total. The van der Waals surface area contributed by atoms with Gasteiger partial charge in [0.05, 0.1) is 5.71 Å². The number of rotatable bonds is 3. The first-order chi connectivity index (χ1) is 11.0. The molecule has 0 radical (unpaired) electrons. The summed E-state index contributed by atoms with van der Waals surface area (Å²) in [6.45, 7) is 1.77. The van der Waals surface area contributed by atoms with Crippen LogP contribution < -0.4 is 5.43 Å². The standard InChI is InChI=1S/C17H13BrN2O3/c1-10(11-2-5-14(21)6-3-11)19-20-17(22)16-9-12-8-13(18)4-7-15(12)23-16/h2-9,21H,1H3,(H,20,22). The number of aromatic hydroxyl groups is 1. The molecule has 23 heavy (non-hydrogen) atoms. The third-order valence-electron chi connectivity index (χ3n) is 3.31. The second-order valence-electron chi connectivity index (χ2n) is 4.98. The molecule has 0 fully saturated rings. The zero-order chi connectivity index (χ0) is 16.4. The normalized spacial score (nSPS) is 11.7. The highest BCUT2D eigenvalue weighted by Gasteiger charge is 2.12. The van der Waals surface area contributed by atoms with E-state index in [1.807, 2.05) is 12.1 Å². The topological polar surface area (TPSA) is 74.8 Å². The molecule has 0 saturated carbocycles. The molecule has 1 heterocycles. The maximum Gasteiger partial charge on any atom is 0.307 e. The number of fused-ring (bicyclic) bond motifs is 1. The van der Waals surface area contributed by atoms with Crippen LogP contribution in [0, 0.1) is 0 Å². The summed E-state index contributed by atoms with van der Waals surface area (Å²) in [5, 5.41) is 14.2. The summed E-state index contributed by atoms with van der Waals surface area (Å²) < 4.78 is 6.42. The summed E-state index contributed by atoms with van der Waals surface area (Å²) in [4.78, 5) is 12.1. The molecule has 0 atom stereocenters. The van der Waals surface area contributed by atoms with Gasteiger partial charge in [0.2, 0.25) is 0 Å². The van der Waals surface area contributed by atoms with Gasteiger partial charge < -0.3 is 9.52 Å². The van der Waals surface area contributed by atoms with Gasteiger partial charge >= 0.3 is 5.91 Å². The number of nitrogens with one attached hydrogen (secondary N) is 1. The summed E-state index contributed by atoms with van der Waals surface area (Å²) in [5.41, 5.74) is 4.53. The third kappa shape index (κ3) is 3.43. The molecule has 0 aliphatic rings. The van der Waals surface area contributed by atoms with Gasteiger partial charge in [0.25, 0.3) is 0 Å². The van der Waals surface area contributed by atoms with Gasteiger partial charge in [-0.15, -0.1) is 0 Å². The molecule has 0 unspecified atom stereocenters. The average molecular weight is 373 g/mol. The van der Waals surface area contributed by atoms with Crippen molar-refractivity contribution in [3.8, 4) is 5.75 Å². The minimum absolute atomic E-state index is 0.180. The predicted octanol–water partition coefficient (Wildman–Crippen LogP) is 4.05. The average Bonchev–Trinajstić information content (AvgIpc) is 2.96. The fraction of sp³-hybridized carbons (Fsp3) is 0.0588. The van der Waals surface area contributed by atoms with E-state index in [0.717, 1.165) is 15.4 Å². The fourth-order valence-corrected chi connectivity index (χ4v) is 2.46. The van der Waals surface area contributed by atoms with E-state index >= 15 is 0 Å². The van der Waals surface area contributed by atoms with Crippen LogP contribution in [0.1, 0.15) is 23.0 Å². The van der Waals surface area contributed by atoms with E-state index in [1.165, 1.54) is 0 Å². The van der Waals surface area contributed by atoms with Crippen LogP contribution in [0.2, 0.25) is 0 Å². The van der Waals surface area contributed by atoms with Crippen LogP contribution in [-0.2, 0) is 0 Å². The van der Waals surface area contributed by atoms with Gasteiger partial charge in [0.1, 0.15) is 11.3 Å². The van der Waals surface area contributed by atoms with Crippen molar-refractivity contribution in [1.29, 1.82) is 0 Å². The molecule has 5 nitrogen and oxygen atoms in total. The Kier molecular flexibility index (Phi) is 4.16. The molecule has 0 spiro atoms. The minimum Gasteiger partial charge on any atom is -0.508 e. The summed E-state index contributed by atoms with van der Waals surface area (Å²) in [6.07, 6.45) is 0. The molecule has 1 amide bonds. The largest absolute Gasteiger partial charge is 0.508 e. The van der Waals surface area contributed by atoms with Gasteiger partial charge in [-0.2, -0.15) is 5.10 Å². The van der Waals surface area contributed by atoms with Gasteiger partial charge in [0.15, 0.2) is 5.76 Å². The maximum absolute atomic E-state index is 12.1. The number of carbonyl (C=O) groups is 1. The van der Waals surface area contributed by atoms with Crippen molar-refractivity contribution < 1.29 is 14.3 Å². The quantitative estimate of drug-likeness (QED) is 0.537. The number of hydrazone groups is 1. The second kappa shape index (κ2) is 6.26. The lowest BCUT2D eigenvalue weighted by Crippen LogP contribution is -2.18. The van der Waals surface area contributed by atoms with Crippen LogP contribution in [0.25, 0.3) is 11.0 Å². The van der Waals surface area contributed by atoms with Crippen molar-refractivity contribution in [2.24, 2.45) is 5.10 Å². The van der Waals surface area contributed by atoms with E-state index in [1.54, 1.807) is 43.3 Å². The van der Waals surface area contributed by atoms with E-state index in [9.17, 15) is 9.90 Å². The summed E-state index contributed by atoms with van der Waals surface area (Å²) in [6, 6.07) is 13.8. The highest BCUT2D eigenvalue weighted by Crippen LogP contribution is 2.23. The lowest BCUT2D eigenvalue weighted by molar-refractivity contribution is 0.0929. The highest BCUT2D eigenvalue weighted by atomic mass is 79.9. The number of hydrogen-bond donors (Lipinski definition) is 2. The fourth-order valence-electron chi connectivity index (χ4n) is 2.08. The molecule has 0 aliphatic carbocycles. The molecular weight excluding hydrogens is 360 g/mol. The SMILES string of the molecule is CC(=NNC(=O)c1cc2cc(Br)ccc2o1)c1ccc(O)cc1. The molecule has 0 aliphatic heterocycles. The molecule has 6 heteroatoms. The first-order valence-electron chi connectivity index (χ1n) is 6.86. The maximum atomic E-state index is 12.1. The smallest absolute Gasteiger partial charge is 0.307 e. The number of nitrogens with zero attached hydrogens (tertiary/aromatic N) is 1. The van der Waals surface area contributed by atoms with E-state index < -0.39 is 5.91 Å². The molecule has 116 valence electrons. The number of halogens is 1.